The van der Waals surface area contributed by atoms with Gasteiger partial charge in [0.25, 0.3) is 5.91 Å². The summed E-state index contributed by atoms with van der Waals surface area (Å²) in [7, 11) is 0. The molecule has 2 aromatic carbocycles. The fraction of sp³-hybridized carbons (Fsp3) is 0.250. The molecule has 0 spiro atoms. The third kappa shape index (κ3) is 4.07. The number of aromatic nitrogens is 3. The Kier molecular flexibility index (Phi) is 5.34. The van der Waals surface area contributed by atoms with Crippen molar-refractivity contribution in [1.82, 2.24) is 19.9 Å². The third-order valence-corrected chi connectivity index (χ3v) is 4.95. The molecule has 2 heterocycles. The minimum absolute atomic E-state index is 0.0806. The van der Waals surface area contributed by atoms with Gasteiger partial charge in [0.15, 0.2) is 11.4 Å². The second-order valence-electron chi connectivity index (χ2n) is 6.91. The first-order valence-corrected chi connectivity index (χ1v) is 9.33. The summed E-state index contributed by atoms with van der Waals surface area (Å²) in [6.45, 7) is 0.646. The molecule has 0 unspecified atom stereocenters. The van der Waals surface area contributed by atoms with Crippen LogP contribution in [-0.2, 0) is 6.18 Å². The Balaban J connectivity index is 1.59. The van der Waals surface area contributed by atoms with Crippen LogP contribution in [0, 0.1) is 11.6 Å². The molecule has 162 valence electrons. The highest BCUT2D eigenvalue weighted by atomic mass is 19.4. The molecule has 1 saturated heterocycles. The normalized spacial score (nSPS) is 14.7. The summed E-state index contributed by atoms with van der Waals surface area (Å²) < 4.78 is 69.2. The molecule has 1 fully saturated rings. The molecule has 0 N–H and O–H groups in total. The summed E-state index contributed by atoms with van der Waals surface area (Å²) in [5, 5.41) is 6.92. The molecule has 0 bridgehead atoms. The van der Waals surface area contributed by atoms with Crippen LogP contribution >= 0.6 is 0 Å². The van der Waals surface area contributed by atoms with Crippen LogP contribution in [-0.4, -0.2) is 52.0 Å². The lowest BCUT2D eigenvalue weighted by Gasteiger charge is -2.36. The molecule has 0 aliphatic carbocycles. The van der Waals surface area contributed by atoms with Gasteiger partial charge in [0.1, 0.15) is 11.6 Å². The molecular weight excluding hydrogens is 421 g/mol. The molecule has 0 atom stereocenters. The smallest absolute Gasteiger partial charge is 0.366 e. The lowest BCUT2D eigenvalue weighted by Crippen LogP contribution is -2.49. The van der Waals surface area contributed by atoms with Crippen molar-refractivity contribution in [3.63, 3.8) is 0 Å². The lowest BCUT2D eigenvalue weighted by atomic mass is 10.2. The predicted molar refractivity (Wildman–Crippen MR) is 101 cm³/mol. The van der Waals surface area contributed by atoms with Crippen LogP contribution < -0.4 is 4.90 Å². The molecule has 0 saturated carbocycles. The summed E-state index contributed by atoms with van der Waals surface area (Å²) in [5.41, 5.74) is -2.08. The largest absolute Gasteiger partial charge is 0.435 e. The van der Waals surface area contributed by atoms with Gasteiger partial charge in [-0.05, 0) is 30.3 Å². The zero-order valence-electron chi connectivity index (χ0n) is 16.0. The molecular formula is C20H16F5N5O. The lowest BCUT2D eigenvalue weighted by molar-refractivity contribution is -0.143. The molecule has 31 heavy (non-hydrogen) atoms. The number of carbonyl (C=O) groups excluding carboxylic acids is 1. The van der Waals surface area contributed by atoms with Crippen LogP contribution in [0.2, 0.25) is 0 Å². The van der Waals surface area contributed by atoms with Crippen LogP contribution in [0.5, 0.6) is 0 Å². The highest BCUT2D eigenvalue weighted by molar-refractivity contribution is 5.93. The van der Waals surface area contributed by atoms with Crippen LogP contribution in [0.1, 0.15) is 16.2 Å². The van der Waals surface area contributed by atoms with Gasteiger partial charge in [-0.2, -0.15) is 13.2 Å². The molecule has 11 heteroatoms. The van der Waals surface area contributed by atoms with E-state index in [-0.39, 0.29) is 31.9 Å². The van der Waals surface area contributed by atoms with Gasteiger partial charge in [-0.3, -0.25) is 4.79 Å². The van der Waals surface area contributed by atoms with Gasteiger partial charge in [0.05, 0.1) is 11.4 Å². The van der Waals surface area contributed by atoms with Crippen LogP contribution in [0.25, 0.3) is 5.69 Å². The maximum absolute atomic E-state index is 14.0. The number of hydrogen-bond acceptors (Lipinski definition) is 4. The Morgan fingerprint density at radius 3 is 2.29 bits per heavy atom. The highest BCUT2D eigenvalue weighted by Crippen LogP contribution is 2.33. The number of nitrogens with zero attached hydrogens (tertiary/aromatic N) is 5. The Morgan fingerprint density at radius 1 is 0.935 bits per heavy atom. The molecule has 1 aliphatic heterocycles. The standard InChI is InChI=1S/C20H16F5N5O/c21-13-4-3-5-14(12-13)30-18(20(23,24)25)17(26-27-30)19(31)29-10-8-28(9-11-29)16-7-2-1-6-15(16)22/h1-7,12H,8-11H2. The molecule has 1 amide bonds. The number of benzene rings is 2. The summed E-state index contributed by atoms with van der Waals surface area (Å²) >= 11 is 0. The van der Waals surface area contributed by atoms with Gasteiger partial charge in [-0.25, -0.2) is 13.5 Å². The number of amides is 1. The number of anilines is 1. The van der Waals surface area contributed by atoms with E-state index < -0.39 is 35.1 Å². The summed E-state index contributed by atoms with van der Waals surface area (Å²) in [4.78, 5) is 15.8. The van der Waals surface area contributed by atoms with E-state index in [4.69, 9.17) is 0 Å². The summed E-state index contributed by atoms with van der Waals surface area (Å²) in [5.74, 6) is -2.11. The molecule has 6 nitrogen and oxygen atoms in total. The third-order valence-electron chi connectivity index (χ3n) is 4.95. The van der Waals surface area contributed by atoms with E-state index in [2.05, 4.69) is 10.3 Å². The van der Waals surface area contributed by atoms with Crippen molar-refractivity contribution in [2.75, 3.05) is 31.1 Å². The number of piperazine rings is 1. The van der Waals surface area contributed by atoms with Crippen molar-refractivity contribution in [3.05, 3.63) is 71.6 Å². The van der Waals surface area contributed by atoms with E-state index in [0.717, 1.165) is 12.1 Å². The monoisotopic (exact) mass is 437 g/mol. The van der Waals surface area contributed by atoms with Gasteiger partial charge < -0.3 is 9.80 Å². The Morgan fingerprint density at radius 2 is 1.65 bits per heavy atom. The Bertz CT molecular complexity index is 1110. The Labute approximate surface area is 173 Å². The second-order valence-corrected chi connectivity index (χ2v) is 6.91. The summed E-state index contributed by atoms with van der Waals surface area (Å²) in [6.07, 6.45) is -4.95. The van der Waals surface area contributed by atoms with E-state index in [1.807, 2.05) is 0 Å². The van der Waals surface area contributed by atoms with Crippen molar-refractivity contribution < 1.29 is 26.7 Å². The van der Waals surface area contributed by atoms with Crippen LogP contribution in [0.3, 0.4) is 0 Å². The maximum atomic E-state index is 14.0. The molecule has 1 aromatic heterocycles. The molecule has 3 aromatic rings. The number of halogens is 5. The first-order valence-electron chi connectivity index (χ1n) is 9.33. The topological polar surface area (TPSA) is 54.3 Å². The van der Waals surface area contributed by atoms with E-state index in [1.165, 1.54) is 23.1 Å². The van der Waals surface area contributed by atoms with Crippen molar-refractivity contribution in [2.24, 2.45) is 0 Å². The zero-order chi connectivity index (χ0) is 22.2. The molecule has 1 aliphatic rings. The number of rotatable bonds is 3. The zero-order valence-corrected chi connectivity index (χ0v) is 16.0. The maximum Gasteiger partial charge on any atom is 0.435 e. The number of alkyl halides is 3. The molecule has 4 rings (SSSR count). The van der Waals surface area contributed by atoms with Crippen molar-refractivity contribution in [3.8, 4) is 5.69 Å². The predicted octanol–water partition coefficient (Wildman–Crippen LogP) is 3.53. The fourth-order valence-electron chi connectivity index (χ4n) is 3.48. The number of carbonyl (C=O) groups is 1. The van der Waals surface area contributed by atoms with E-state index in [0.29, 0.717) is 10.4 Å². The number of para-hydroxylation sites is 1. The van der Waals surface area contributed by atoms with Gasteiger partial charge in [0.2, 0.25) is 0 Å². The van der Waals surface area contributed by atoms with Gasteiger partial charge in [0, 0.05) is 26.2 Å². The van der Waals surface area contributed by atoms with Crippen molar-refractivity contribution in [2.45, 2.75) is 6.18 Å². The minimum atomic E-state index is -4.95. The van der Waals surface area contributed by atoms with E-state index in [1.54, 1.807) is 23.1 Å². The van der Waals surface area contributed by atoms with Crippen molar-refractivity contribution >= 4 is 11.6 Å². The minimum Gasteiger partial charge on any atom is -0.366 e. The quantitative estimate of drug-likeness (QED) is 0.589. The Hall–Kier alpha value is -3.50. The van der Waals surface area contributed by atoms with Crippen molar-refractivity contribution in [1.29, 1.82) is 0 Å². The second kappa shape index (κ2) is 7.97. The van der Waals surface area contributed by atoms with Gasteiger partial charge >= 0.3 is 6.18 Å². The van der Waals surface area contributed by atoms with E-state index >= 15 is 0 Å². The molecule has 0 radical (unpaired) electrons. The first-order chi connectivity index (χ1) is 14.8. The van der Waals surface area contributed by atoms with Gasteiger partial charge in [-0.1, -0.05) is 23.4 Å². The summed E-state index contributed by atoms with van der Waals surface area (Å²) in [6, 6.07) is 10.5. The van der Waals surface area contributed by atoms with Crippen LogP contribution in [0.15, 0.2) is 48.5 Å². The van der Waals surface area contributed by atoms with Gasteiger partial charge in [-0.15, -0.1) is 5.10 Å². The van der Waals surface area contributed by atoms with E-state index in [9.17, 15) is 26.7 Å². The average Bonchev–Trinajstić information content (AvgIpc) is 3.20. The highest BCUT2D eigenvalue weighted by Gasteiger charge is 2.43. The SMILES string of the molecule is O=C(c1nnn(-c2cccc(F)c2)c1C(F)(F)F)N1CCN(c2ccccc2F)CC1. The van der Waals surface area contributed by atoms with Crippen LogP contribution in [0.4, 0.5) is 27.6 Å². The first kappa shape index (κ1) is 20.8. The fourth-order valence-corrected chi connectivity index (χ4v) is 3.48. The average molecular weight is 437 g/mol. The number of hydrogen-bond donors (Lipinski definition) is 0.